The summed E-state index contributed by atoms with van der Waals surface area (Å²) in [6.45, 7) is 14.7. The molecule has 1 atom stereocenters. The van der Waals surface area contributed by atoms with Crippen LogP contribution in [0, 0.1) is 0 Å². The van der Waals surface area contributed by atoms with Crippen molar-refractivity contribution in [1.82, 2.24) is 10.2 Å². The van der Waals surface area contributed by atoms with Gasteiger partial charge >= 0.3 is 0 Å². The molecule has 0 spiro atoms. The zero-order chi connectivity index (χ0) is 14.4. The van der Waals surface area contributed by atoms with E-state index < -0.39 is 0 Å². The normalized spacial score (nSPS) is 27.6. The minimum Gasteiger partial charge on any atom is -0.382 e. The molecule has 1 heterocycles. The van der Waals surface area contributed by atoms with Crippen LogP contribution in [0.1, 0.15) is 40.5 Å². The summed E-state index contributed by atoms with van der Waals surface area (Å²) in [4.78, 5) is 2.60. The number of nitrogens with one attached hydrogen (secondary N) is 1. The molecule has 114 valence electrons. The topological polar surface area (TPSA) is 33.7 Å². The molecule has 1 rings (SSSR count). The van der Waals surface area contributed by atoms with Crippen LogP contribution < -0.4 is 5.32 Å². The first-order chi connectivity index (χ1) is 8.93. The van der Waals surface area contributed by atoms with Gasteiger partial charge in [-0.15, -0.1) is 0 Å². The summed E-state index contributed by atoms with van der Waals surface area (Å²) >= 11 is 0. The third-order valence-corrected chi connectivity index (χ3v) is 4.27. The first kappa shape index (κ1) is 16.9. The van der Waals surface area contributed by atoms with Gasteiger partial charge in [-0.3, -0.25) is 4.90 Å². The van der Waals surface area contributed by atoms with E-state index in [0.717, 1.165) is 32.7 Å². The largest absolute Gasteiger partial charge is 0.382 e. The maximum Gasteiger partial charge on any atom is 0.0700 e. The van der Waals surface area contributed by atoms with Gasteiger partial charge < -0.3 is 14.8 Å². The van der Waals surface area contributed by atoms with E-state index >= 15 is 0 Å². The average Bonchev–Trinajstić information content (AvgIpc) is 2.38. The molecule has 1 saturated heterocycles. The van der Waals surface area contributed by atoms with Crippen molar-refractivity contribution in [3.8, 4) is 0 Å². The van der Waals surface area contributed by atoms with Crippen LogP contribution in [0.25, 0.3) is 0 Å². The van der Waals surface area contributed by atoms with Crippen LogP contribution in [0.4, 0.5) is 0 Å². The highest BCUT2D eigenvalue weighted by Gasteiger charge is 2.38. The number of hydrogen-bond donors (Lipinski definition) is 1. The van der Waals surface area contributed by atoms with Gasteiger partial charge in [0.2, 0.25) is 0 Å². The molecule has 0 amide bonds. The molecule has 0 aromatic carbocycles. The lowest BCUT2D eigenvalue weighted by molar-refractivity contribution is 0.0175. The second-order valence-electron chi connectivity index (χ2n) is 6.46. The lowest BCUT2D eigenvalue weighted by Crippen LogP contribution is -2.67. The lowest BCUT2D eigenvalue weighted by Gasteiger charge is -2.50. The average molecular weight is 272 g/mol. The molecule has 4 heteroatoms. The fourth-order valence-electron chi connectivity index (χ4n) is 2.45. The lowest BCUT2D eigenvalue weighted by atomic mass is 9.88. The predicted molar refractivity (Wildman–Crippen MR) is 79.7 cm³/mol. The molecule has 1 fully saturated rings. The smallest absolute Gasteiger partial charge is 0.0700 e. The van der Waals surface area contributed by atoms with Crippen LogP contribution >= 0.6 is 0 Å². The number of piperazine rings is 1. The number of hydrogen-bond acceptors (Lipinski definition) is 4. The highest BCUT2D eigenvalue weighted by atomic mass is 16.5. The van der Waals surface area contributed by atoms with E-state index in [1.807, 2.05) is 0 Å². The second kappa shape index (κ2) is 7.58. The first-order valence-electron chi connectivity index (χ1n) is 7.50. The van der Waals surface area contributed by atoms with Crippen molar-refractivity contribution in [3.05, 3.63) is 0 Å². The van der Waals surface area contributed by atoms with Gasteiger partial charge in [0.1, 0.15) is 0 Å². The Morgan fingerprint density at radius 2 is 1.89 bits per heavy atom. The zero-order valence-corrected chi connectivity index (χ0v) is 13.4. The number of ether oxygens (including phenoxy) is 2. The molecular weight excluding hydrogens is 240 g/mol. The number of methoxy groups -OCH3 is 1. The number of nitrogens with zero attached hydrogens (tertiary/aromatic N) is 1. The van der Waals surface area contributed by atoms with Crippen molar-refractivity contribution in [2.75, 3.05) is 46.6 Å². The molecule has 1 N–H and O–H groups in total. The third kappa shape index (κ3) is 5.38. The Kier molecular flexibility index (Phi) is 6.74. The molecule has 1 aliphatic heterocycles. The maximum atomic E-state index is 5.54. The highest BCUT2D eigenvalue weighted by molar-refractivity contribution is 4.98. The van der Waals surface area contributed by atoms with E-state index in [2.05, 4.69) is 37.9 Å². The summed E-state index contributed by atoms with van der Waals surface area (Å²) in [5.74, 6) is 0. The molecule has 0 radical (unpaired) electrons. The molecule has 1 unspecified atom stereocenters. The Hall–Kier alpha value is -0.160. The van der Waals surface area contributed by atoms with Gasteiger partial charge in [0.05, 0.1) is 13.2 Å². The van der Waals surface area contributed by atoms with Crippen LogP contribution in [0.3, 0.4) is 0 Å². The Morgan fingerprint density at radius 3 is 2.53 bits per heavy atom. The van der Waals surface area contributed by atoms with Crippen LogP contribution in [0.5, 0.6) is 0 Å². The van der Waals surface area contributed by atoms with E-state index in [1.165, 1.54) is 6.42 Å². The van der Waals surface area contributed by atoms with Gasteiger partial charge in [-0.2, -0.15) is 0 Å². The molecule has 0 aromatic rings. The Bertz CT molecular complexity index is 259. The van der Waals surface area contributed by atoms with E-state index in [4.69, 9.17) is 9.47 Å². The van der Waals surface area contributed by atoms with Gasteiger partial charge in [0.15, 0.2) is 0 Å². The van der Waals surface area contributed by atoms with Crippen LogP contribution in [0.2, 0.25) is 0 Å². The summed E-state index contributed by atoms with van der Waals surface area (Å²) in [6.07, 6.45) is 2.26. The van der Waals surface area contributed by atoms with Gasteiger partial charge in [-0.05, 0) is 33.6 Å². The van der Waals surface area contributed by atoms with Gasteiger partial charge in [0, 0.05) is 44.4 Å². The highest BCUT2D eigenvalue weighted by Crippen LogP contribution is 2.25. The van der Waals surface area contributed by atoms with Gasteiger partial charge in [0.25, 0.3) is 0 Å². The second-order valence-corrected chi connectivity index (χ2v) is 6.46. The molecule has 0 saturated carbocycles. The molecule has 0 aromatic heterocycles. The van der Waals surface area contributed by atoms with Crippen molar-refractivity contribution in [3.63, 3.8) is 0 Å². The first-order valence-corrected chi connectivity index (χ1v) is 7.50. The van der Waals surface area contributed by atoms with E-state index in [9.17, 15) is 0 Å². The van der Waals surface area contributed by atoms with Crippen molar-refractivity contribution in [2.24, 2.45) is 0 Å². The molecule has 19 heavy (non-hydrogen) atoms. The van der Waals surface area contributed by atoms with Gasteiger partial charge in [-0.1, -0.05) is 6.92 Å². The van der Waals surface area contributed by atoms with Crippen LogP contribution in [-0.4, -0.2) is 62.5 Å². The van der Waals surface area contributed by atoms with E-state index in [1.54, 1.807) is 7.11 Å². The monoisotopic (exact) mass is 272 g/mol. The van der Waals surface area contributed by atoms with E-state index in [0.29, 0.717) is 13.2 Å². The van der Waals surface area contributed by atoms with Crippen molar-refractivity contribution in [2.45, 2.75) is 51.6 Å². The SMILES string of the molecule is CCC1(C)CN(CCCOCCOC)C(C)(C)CN1. The molecular formula is C15H32N2O2. The Labute approximate surface area is 118 Å². The van der Waals surface area contributed by atoms with Crippen molar-refractivity contribution >= 4 is 0 Å². The molecule has 0 aliphatic carbocycles. The Balaban J connectivity index is 2.32. The molecule has 0 bridgehead atoms. The molecule has 4 nitrogen and oxygen atoms in total. The minimum atomic E-state index is 0.237. The zero-order valence-electron chi connectivity index (χ0n) is 13.4. The fourth-order valence-corrected chi connectivity index (χ4v) is 2.45. The van der Waals surface area contributed by atoms with Crippen LogP contribution in [0.15, 0.2) is 0 Å². The van der Waals surface area contributed by atoms with E-state index in [-0.39, 0.29) is 11.1 Å². The third-order valence-electron chi connectivity index (χ3n) is 4.27. The fraction of sp³-hybridized carbons (Fsp3) is 1.00. The standard InChI is InChI=1S/C15H32N2O2/c1-6-15(4)13-17(14(2,3)12-16-15)8-7-9-19-11-10-18-5/h16H,6-13H2,1-5H3. The van der Waals surface area contributed by atoms with Crippen LogP contribution in [-0.2, 0) is 9.47 Å². The minimum absolute atomic E-state index is 0.237. The van der Waals surface area contributed by atoms with Crippen molar-refractivity contribution in [1.29, 1.82) is 0 Å². The maximum absolute atomic E-state index is 5.54. The summed E-state index contributed by atoms with van der Waals surface area (Å²) < 4.78 is 10.5. The molecule has 1 aliphatic rings. The number of rotatable bonds is 8. The van der Waals surface area contributed by atoms with Gasteiger partial charge in [-0.25, -0.2) is 0 Å². The Morgan fingerprint density at radius 1 is 1.16 bits per heavy atom. The van der Waals surface area contributed by atoms with Crippen molar-refractivity contribution < 1.29 is 9.47 Å². The summed E-state index contributed by atoms with van der Waals surface area (Å²) in [5, 5.41) is 3.69. The summed E-state index contributed by atoms with van der Waals surface area (Å²) in [6, 6.07) is 0. The summed E-state index contributed by atoms with van der Waals surface area (Å²) in [7, 11) is 1.71. The predicted octanol–water partition coefficient (Wildman–Crippen LogP) is 1.89. The quantitative estimate of drug-likeness (QED) is 0.684. The summed E-state index contributed by atoms with van der Waals surface area (Å²) in [5.41, 5.74) is 0.494.